The zero-order valence-corrected chi connectivity index (χ0v) is 6.59. The molecule has 2 heteroatoms. The maximum absolute atomic E-state index is 5.09. The summed E-state index contributed by atoms with van der Waals surface area (Å²) in [5, 5.41) is 3.10. The largest absolute Gasteiger partial charge is 0.386 e. The smallest absolute Gasteiger partial charge is 0.0500 e. The summed E-state index contributed by atoms with van der Waals surface area (Å²) in [6, 6.07) is 0. The van der Waals surface area contributed by atoms with Crippen molar-refractivity contribution in [3.05, 3.63) is 11.8 Å². The van der Waals surface area contributed by atoms with Crippen LogP contribution in [0.4, 0.5) is 0 Å². The van der Waals surface area contributed by atoms with Crippen LogP contribution in [0.2, 0.25) is 0 Å². The van der Waals surface area contributed by atoms with Crippen molar-refractivity contribution in [1.29, 1.82) is 0 Å². The van der Waals surface area contributed by atoms with E-state index in [9.17, 15) is 0 Å². The number of nitrogens with one attached hydrogen (secondary N) is 1. The van der Waals surface area contributed by atoms with Gasteiger partial charge in [-0.1, -0.05) is 26.1 Å². The highest BCUT2D eigenvalue weighted by Gasteiger charge is 2.12. The van der Waals surface area contributed by atoms with Gasteiger partial charge in [-0.05, 0) is 11.5 Å². The van der Waals surface area contributed by atoms with Crippen LogP contribution in [0.25, 0.3) is 0 Å². The van der Waals surface area contributed by atoms with Crippen molar-refractivity contribution < 1.29 is 0 Å². The Morgan fingerprint density at radius 2 is 2.33 bits per heavy atom. The highest BCUT2D eigenvalue weighted by molar-refractivity contribution is 7.81. The van der Waals surface area contributed by atoms with Gasteiger partial charge in [0, 0.05) is 11.1 Å². The van der Waals surface area contributed by atoms with Crippen molar-refractivity contribution in [2.24, 2.45) is 5.92 Å². The summed E-state index contributed by atoms with van der Waals surface area (Å²) in [4.78, 5) is 1.07. The van der Waals surface area contributed by atoms with Gasteiger partial charge in [0.15, 0.2) is 0 Å². The first kappa shape index (κ1) is 6.75. The van der Waals surface area contributed by atoms with Crippen molar-refractivity contribution in [2.75, 3.05) is 6.54 Å². The van der Waals surface area contributed by atoms with E-state index in [2.05, 4.69) is 19.2 Å². The highest BCUT2D eigenvalue weighted by Crippen LogP contribution is 2.13. The minimum Gasteiger partial charge on any atom is -0.386 e. The summed E-state index contributed by atoms with van der Waals surface area (Å²) in [7, 11) is 0. The summed E-state index contributed by atoms with van der Waals surface area (Å²) in [5.41, 5.74) is 1.30. The van der Waals surface area contributed by atoms with Gasteiger partial charge in [0.2, 0.25) is 0 Å². The van der Waals surface area contributed by atoms with Crippen molar-refractivity contribution in [3.8, 4) is 0 Å². The first-order valence-electron chi connectivity index (χ1n) is 3.18. The van der Waals surface area contributed by atoms with Crippen LogP contribution < -0.4 is 5.32 Å². The molecule has 0 aliphatic carbocycles. The Hall–Kier alpha value is -0.370. The number of thiocarbonyl (C=S) groups is 1. The second kappa shape index (κ2) is 2.48. The monoisotopic (exact) mass is 141 g/mol. The molecule has 0 aromatic carbocycles. The molecule has 0 radical (unpaired) electrons. The zero-order valence-electron chi connectivity index (χ0n) is 5.77. The summed E-state index contributed by atoms with van der Waals surface area (Å²) < 4.78 is 0. The van der Waals surface area contributed by atoms with E-state index in [1.807, 2.05) is 6.20 Å². The highest BCUT2D eigenvalue weighted by atomic mass is 32.1. The van der Waals surface area contributed by atoms with Gasteiger partial charge in [-0.15, -0.1) is 0 Å². The minimum absolute atomic E-state index is 0.576. The van der Waals surface area contributed by atoms with E-state index in [4.69, 9.17) is 12.2 Å². The average Bonchev–Trinajstić information content (AvgIpc) is 2.13. The first-order chi connectivity index (χ1) is 4.22. The van der Waals surface area contributed by atoms with Crippen molar-refractivity contribution in [2.45, 2.75) is 13.8 Å². The van der Waals surface area contributed by atoms with Crippen LogP contribution in [0.15, 0.2) is 11.8 Å². The van der Waals surface area contributed by atoms with Gasteiger partial charge < -0.3 is 5.32 Å². The Morgan fingerprint density at radius 1 is 1.67 bits per heavy atom. The molecule has 0 saturated carbocycles. The molecule has 0 saturated heterocycles. The summed E-state index contributed by atoms with van der Waals surface area (Å²) in [5.74, 6) is 0.576. The standard InChI is InChI=1S/C7H11NS/c1-5(2)6-3-8-4-7(6)9/h3,5,8H,4H2,1-2H3. The Morgan fingerprint density at radius 3 is 2.56 bits per heavy atom. The maximum Gasteiger partial charge on any atom is 0.0500 e. The molecule has 1 aliphatic heterocycles. The van der Waals surface area contributed by atoms with Gasteiger partial charge >= 0.3 is 0 Å². The van der Waals surface area contributed by atoms with E-state index < -0.39 is 0 Å². The van der Waals surface area contributed by atoms with E-state index in [1.165, 1.54) is 5.57 Å². The number of hydrogen-bond acceptors (Lipinski definition) is 2. The van der Waals surface area contributed by atoms with Crippen LogP contribution >= 0.6 is 12.2 Å². The number of hydrogen-bond donors (Lipinski definition) is 1. The molecule has 1 N–H and O–H groups in total. The SMILES string of the molecule is CC(C)C1=CNCC1=S. The van der Waals surface area contributed by atoms with Gasteiger partial charge in [0.05, 0.1) is 6.54 Å². The molecule has 1 aliphatic rings. The quantitative estimate of drug-likeness (QED) is 0.555. The Labute approximate surface area is 61.1 Å². The fourth-order valence-corrected chi connectivity index (χ4v) is 1.30. The van der Waals surface area contributed by atoms with E-state index >= 15 is 0 Å². The fraction of sp³-hybridized carbons (Fsp3) is 0.571. The second-order valence-corrected chi connectivity index (χ2v) is 3.05. The van der Waals surface area contributed by atoms with Crippen LogP contribution in [-0.2, 0) is 0 Å². The molecule has 0 fully saturated rings. The van der Waals surface area contributed by atoms with Crippen LogP contribution in [0.1, 0.15) is 13.8 Å². The molecular weight excluding hydrogens is 130 g/mol. The molecule has 0 bridgehead atoms. The van der Waals surface area contributed by atoms with Gasteiger partial charge in [-0.25, -0.2) is 0 Å². The molecular formula is C7H11NS. The van der Waals surface area contributed by atoms with Gasteiger partial charge in [-0.3, -0.25) is 0 Å². The van der Waals surface area contributed by atoms with Gasteiger partial charge in [0.25, 0.3) is 0 Å². The Balaban J connectivity index is 2.68. The Bertz CT molecular complexity index is 158. The summed E-state index contributed by atoms with van der Waals surface area (Å²) in [6.07, 6.45) is 2.02. The minimum atomic E-state index is 0.576. The van der Waals surface area contributed by atoms with Crippen LogP contribution in [0.3, 0.4) is 0 Å². The molecule has 0 amide bonds. The van der Waals surface area contributed by atoms with Crippen LogP contribution in [0.5, 0.6) is 0 Å². The van der Waals surface area contributed by atoms with Crippen LogP contribution in [-0.4, -0.2) is 11.4 Å². The third-order valence-corrected chi connectivity index (χ3v) is 1.84. The molecule has 50 valence electrons. The molecule has 1 heterocycles. The molecule has 1 nitrogen and oxygen atoms in total. The molecule has 0 aromatic rings. The topological polar surface area (TPSA) is 12.0 Å². The summed E-state index contributed by atoms with van der Waals surface area (Å²) in [6.45, 7) is 5.18. The normalized spacial score (nSPS) is 18.1. The Kier molecular flexibility index (Phi) is 1.86. The average molecular weight is 141 g/mol. The third kappa shape index (κ3) is 1.30. The maximum atomic E-state index is 5.09. The summed E-state index contributed by atoms with van der Waals surface area (Å²) >= 11 is 5.09. The fourth-order valence-electron chi connectivity index (χ4n) is 0.925. The second-order valence-electron chi connectivity index (χ2n) is 2.56. The van der Waals surface area contributed by atoms with Gasteiger partial charge in [-0.2, -0.15) is 0 Å². The van der Waals surface area contributed by atoms with Crippen molar-refractivity contribution in [3.63, 3.8) is 0 Å². The predicted molar refractivity (Wildman–Crippen MR) is 43.5 cm³/mol. The molecule has 0 unspecified atom stereocenters. The lowest BCUT2D eigenvalue weighted by Crippen LogP contribution is -2.08. The predicted octanol–water partition coefficient (Wildman–Crippen LogP) is 1.50. The van der Waals surface area contributed by atoms with Crippen LogP contribution in [0, 0.1) is 5.92 Å². The number of rotatable bonds is 1. The molecule has 0 spiro atoms. The van der Waals surface area contributed by atoms with E-state index in [0.29, 0.717) is 5.92 Å². The third-order valence-electron chi connectivity index (χ3n) is 1.46. The molecule has 0 atom stereocenters. The van der Waals surface area contributed by atoms with Crippen molar-refractivity contribution >= 4 is 17.1 Å². The van der Waals surface area contributed by atoms with E-state index in [1.54, 1.807) is 0 Å². The molecule has 0 aromatic heterocycles. The lowest BCUT2D eigenvalue weighted by atomic mass is 10.0. The first-order valence-corrected chi connectivity index (χ1v) is 3.59. The lowest BCUT2D eigenvalue weighted by Gasteiger charge is -2.02. The molecule has 9 heavy (non-hydrogen) atoms. The van der Waals surface area contributed by atoms with E-state index in [0.717, 1.165) is 11.4 Å². The lowest BCUT2D eigenvalue weighted by molar-refractivity contribution is 0.805. The zero-order chi connectivity index (χ0) is 6.85. The van der Waals surface area contributed by atoms with Gasteiger partial charge in [0.1, 0.15) is 0 Å². The molecule has 1 rings (SSSR count). The van der Waals surface area contributed by atoms with E-state index in [-0.39, 0.29) is 0 Å². The van der Waals surface area contributed by atoms with Crippen molar-refractivity contribution in [1.82, 2.24) is 5.32 Å².